The monoisotopic (exact) mass is 316 g/mol. The Hall–Kier alpha value is -2.74. The van der Waals surface area contributed by atoms with E-state index in [0.717, 1.165) is 5.52 Å². The van der Waals surface area contributed by atoms with Gasteiger partial charge in [-0.3, -0.25) is 9.97 Å². The van der Waals surface area contributed by atoms with E-state index in [0.29, 0.717) is 0 Å². The summed E-state index contributed by atoms with van der Waals surface area (Å²) in [6.45, 7) is 8.19. The number of nitrogens with zero attached hydrogens (tertiary/aromatic N) is 2. The molecule has 0 aliphatic carbocycles. The Labute approximate surface area is 144 Å². The third-order valence-electron chi connectivity index (χ3n) is 3.55. The summed E-state index contributed by atoms with van der Waals surface area (Å²) in [5.74, 6) is 0. The molecule has 4 rings (SSSR count). The van der Waals surface area contributed by atoms with Gasteiger partial charge >= 0.3 is 0 Å². The summed E-state index contributed by atoms with van der Waals surface area (Å²) in [5, 5.41) is 3.69. The number of aryl methyl sites for hydroxylation is 2. The SMILES string of the molecule is CC.Cc1ccc2cnccc2c1.Cc1ccc2ncccc2c1. The number of hydrogen-bond acceptors (Lipinski definition) is 2. The van der Waals surface area contributed by atoms with Gasteiger partial charge in [0.2, 0.25) is 0 Å². The van der Waals surface area contributed by atoms with Gasteiger partial charge in [0.25, 0.3) is 0 Å². The van der Waals surface area contributed by atoms with E-state index in [2.05, 4.69) is 60.2 Å². The van der Waals surface area contributed by atoms with Crippen molar-refractivity contribution in [1.82, 2.24) is 9.97 Å². The van der Waals surface area contributed by atoms with Crippen molar-refractivity contribution in [2.45, 2.75) is 27.7 Å². The number of pyridine rings is 2. The molecule has 2 heteroatoms. The van der Waals surface area contributed by atoms with Gasteiger partial charge in [-0.2, -0.15) is 0 Å². The smallest absolute Gasteiger partial charge is 0.0702 e. The third kappa shape index (κ3) is 4.63. The fourth-order valence-corrected chi connectivity index (χ4v) is 2.40. The Kier molecular flexibility index (Phi) is 6.44. The molecule has 2 nitrogen and oxygen atoms in total. The highest BCUT2D eigenvalue weighted by Gasteiger charge is 1.91. The van der Waals surface area contributed by atoms with Crippen LogP contribution in [0, 0.1) is 13.8 Å². The summed E-state index contributed by atoms with van der Waals surface area (Å²) in [5.41, 5.74) is 3.65. The molecular formula is C22H24N2. The molecule has 24 heavy (non-hydrogen) atoms. The standard InChI is InChI=1S/2C10H9N.C2H6/c1-8-2-3-10-7-11-5-4-9(10)6-8;1-8-4-5-10-9(7-8)3-2-6-11-10;1-2/h2*2-7H,1H3;1-2H3. The summed E-state index contributed by atoms with van der Waals surface area (Å²) < 4.78 is 0. The van der Waals surface area contributed by atoms with Gasteiger partial charge in [-0.15, -0.1) is 0 Å². The Morgan fingerprint density at radius 3 is 2.17 bits per heavy atom. The molecule has 0 bridgehead atoms. The zero-order chi connectivity index (χ0) is 17.4. The second-order valence-corrected chi connectivity index (χ2v) is 5.43. The first-order valence-electron chi connectivity index (χ1n) is 8.34. The zero-order valence-corrected chi connectivity index (χ0v) is 14.8. The molecule has 122 valence electrons. The maximum absolute atomic E-state index is 4.22. The van der Waals surface area contributed by atoms with Gasteiger partial charge in [0.05, 0.1) is 5.52 Å². The average molecular weight is 316 g/mol. The Morgan fingerprint density at radius 1 is 0.667 bits per heavy atom. The molecule has 2 aromatic heterocycles. The van der Waals surface area contributed by atoms with Crippen LogP contribution in [0.2, 0.25) is 0 Å². The van der Waals surface area contributed by atoms with E-state index >= 15 is 0 Å². The second-order valence-electron chi connectivity index (χ2n) is 5.43. The predicted molar refractivity (Wildman–Crippen MR) is 104 cm³/mol. The lowest BCUT2D eigenvalue weighted by atomic mass is 10.1. The predicted octanol–water partition coefficient (Wildman–Crippen LogP) is 6.11. The summed E-state index contributed by atoms with van der Waals surface area (Å²) >= 11 is 0. The quantitative estimate of drug-likeness (QED) is 0.391. The van der Waals surface area contributed by atoms with Crippen molar-refractivity contribution in [2.75, 3.05) is 0 Å². The number of rotatable bonds is 0. The van der Waals surface area contributed by atoms with Crippen molar-refractivity contribution < 1.29 is 0 Å². The molecule has 0 radical (unpaired) electrons. The minimum atomic E-state index is 1.07. The van der Waals surface area contributed by atoms with Crippen LogP contribution in [-0.2, 0) is 0 Å². The largest absolute Gasteiger partial charge is 0.264 e. The average Bonchev–Trinajstić information content (AvgIpc) is 2.64. The van der Waals surface area contributed by atoms with Crippen LogP contribution in [-0.4, -0.2) is 9.97 Å². The van der Waals surface area contributed by atoms with Gasteiger partial charge in [-0.05, 0) is 43.5 Å². The van der Waals surface area contributed by atoms with Gasteiger partial charge in [0, 0.05) is 29.4 Å². The van der Waals surface area contributed by atoms with Crippen LogP contribution in [0.15, 0.2) is 73.2 Å². The van der Waals surface area contributed by atoms with Crippen LogP contribution in [0.4, 0.5) is 0 Å². The zero-order valence-electron chi connectivity index (χ0n) is 14.8. The van der Waals surface area contributed by atoms with E-state index in [1.807, 2.05) is 50.6 Å². The van der Waals surface area contributed by atoms with Gasteiger partial charge in [-0.25, -0.2) is 0 Å². The lowest BCUT2D eigenvalue weighted by Crippen LogP contribution is -1.77. The van der Waals surface area contributed by atoms with Crippen LogP contribution < -0.4 is 0 Å². The van der Waals surface area contributed by atoms with E-state index in [1.54, 1.807) is 0 Å². The molecule has 2 aromatic carbocycles. The van der Waals surface area contributed by atoms with Gasteiger partial charge in [-0.1, -0.05) is 55.3 Å². The Bertz CT molecular complexity index is 836. The molecule has 0 aliphatic heterocycles. The first kappa shape index (κ1) is 17.6. The maximum atomic E-state index is 4.22. The van der Waals surface area contributed by atoms with Crippen LogP contribution >= 0.6 is 0 Å². The summed E-state index contributed by atoms with van der Waals surface area (Å²) in [7, 11) is 0. The lowest BCUT2D eigenvalue weighted by molar-refractivity contribution is 1.36. The molecule has 0 spiro atoms. The molecule has 0 aliphatic rings. The second kappa shape index (κ2) is 8.78. The van der Waals surface area contributed by atoms with Crippen LogP contribution in [0.5, 0.6) is 0 Å². The summed E-state index contributed by atoms with van der Waals surface area (Å²) in [4.78, 5) is 8.26. The molecule has 0 fully saturated rings. The van der Waals surface area contributed by atoms with E-state index in [4.69, 9.17) is 0 Å². The topological polar surface area (TPSA) is 25.8 Å². The van der Waals surface area contributed by atoms with Crippen molar-refractivity contribution in [3.63, 3.8) is 0 Å². The molecule has 0 unspecified atom stereocenters. The minimum Gasteiger partial charge on any atom is -0.264 e. The minimum absolute atomic E-state index is 1.07. The Balaban J connectivity index is 0.000000158. The molecule has 0 atom stereocenters. The number of fused-ring (bicyclic) bond motifs is 2. The number of benzene rings is 2. The fourth-order valence-electron chi connectivity index (χ4n) is 2.40. The molecule has 2 heterocycles. The van der Waals surface area contributed by atoms with Gasteiger partial charge in [0.1, 0.15) is 0 Å². The lowest BCUT2D eigenvalue weighted by Gasteiger charge is -1.96. The van der Waals surface area contributed by atoms with E-state index in [1.165, 1.54) is 27.3 Å². The van der Waals surface area contributed by atoms with Crippen LogP contribution in [0.3, 0.4) is 0 Å². The van der Waals surface area contributed by atoms with Gasteiger partial charge in [0.15, 0.2) is 0 Å². The summed E-state index contributed by atoms with van der Waals surface area (Å²) in [6.07, 6.45) is 5.52. The highest BCUT2D eigenvalue weighted by molar-refractivity contribution is 5.82. The summed E-state index contributed by atoms with van der Waals surface area (Å²) in [6, 6.07) is 18.7. The van der Waals surface area contributed by atoms with E-state index < -0.39 is 0 Å². The van der Waals surface area contributed by atoms with Crippen molar-refractivity contribution in [1.29, 1.82) is 0 Å². The normalized spacial score (nSPS) is 9.67. The van der Waals surface area contributed by atoms with Crippen molar-refractivity contribution in [3.8, 4) is 0 Å². The molecular weight excluding hydrogens is 292 g/mol. The van der Waals surface area contributed by atoms with E-state index in [9.17, 15) is 0 Å². The van der Waals surface area contributed by atoms with Crippen molar-refractivity contribution in [2.24, 2.45) is 0 Å². The molecule has 0 saturated carbocycles. The number of hydrogen-bond donors (Lipinski definition) is 0. The highest BCUT2D eigenvalue weighted by Crippen LogP contribution is 2.13. The van der Waals surface area contributed by atoms with E-state index in [-0.39, 0.29) is 0 Å². The highest BCUT2D eigenvalue weighted by atomic mass is 14.6. The van der Waals surface area contributed by atoms with Crippen LogP contribution in [0.1, 0.15) is 25.0 Å². The van der Waals surface area contributed by atoms with Crippen molar-refractivity contribution in [3.05, 3.63) is 84.3 Å². The molecule has 0 N–H and O–H groups in total. The molecule has 0 saturated heterocycles. The molecule has 0 amide bonds. The van der Waals surface area contributed by atoms with Gasteiger partial charge < -0.3 is 0 Å². The van der Waals surface area contributed by atoms with Crippen LogP contribution in [0.25, 0.3) is 21.7 Å². The fraction of sp³-hybridized carbons (Fsp3) is 0.182. The number of aromatic nitrogens is 2. The van der Waals surface area contributed by atoms with Crippen molar-refractivity contribution >= 4 is 21.7 Å². The maximum Gasteiger partial charge on any atom is 0.0702 e. The first-order valence-corrected chi connectivity index (χ1v) is 8.34. The molecule has 4 aromatic rings. The third-order valence-corrected chi connectivity index (χ3v) is 3.55. The first-order chi connectivity index (χ1) is 11.7. The Morgan fingerprint density at radius 2 is 1.38 bits per heavy atom.